The van der Waals surface area contributed by atoms with E-state index in [0.717, 1.165) is 11.4 Å². The van der Waals surface area contributed by atoms with Gasteiger partial charge in [0.2, 0.25) is 0 Å². The number of rotatable bonds is 7. The predicted octanol–water partition coefficient (Wildman–Crippen LogP) is 7.68. The molecule has 6 nitrogen and oxygen atoms in total. The van der Waals surface area contributed by atoms with Crippen LogP contribution in [0.3, 0.4) is 0 Å². The highest BCUT2D eigenvalue weighted by atomic mass is 35.5. The third-order valence-corrected chi connectivity index (χ3v) is 5.47. The maximum absolute atomic E-state index is 13.8. The van der Waals surface area contributed by atoms with Crippen LogP contribution in [0.2, 0.25) is 0 Å². The van der Waals surface area contributed by atoms with Crippen molar-refractivity contribution in [1.29, 1.82) is 0 Å². The largest absolute Gasteiger partial charge is 0.452 e. The first-order valence-corrected chi connectivity index (χ1v) is 11.0. The number of para-hydroxylation sites is 1. The molecule has 0 unspecified atom stereocenters. The maximum Gasteiger partial charge on any atom is 0.430 e. The lowest BCUT2D eigenvalue weighted by Crippen LogP contribution is -2.30. The molecule has 31 heavy (non-hydrogen) atoms. The van der Waals surface area contributed by atoms with Crippen LogP contribution in [-0.4, -0.2) is 27.1 Å². The van der Waals surface area contributed by atoms with Crippen LogP contribution >= 0.6 is 70.3 Å². The van der Waals surface area contributed by atoms with Crippen molar-refractivity contribution in [2.45, 2.75) is 7.84 Å². The Morgan fingerprint density at radius 1 is 0.839 bits per heavy atom. The SMILES string of the molecule is COC(=O)N(SC(F)(Cl)Cl)c1cccc(OC(=O)N(SC(F)(Cl)Cl)c2ccccc2)c1. The summed E-state index contributed by atoms with van der Waals surface area (Å²) >= 11 is 21.7. The minimum atomic E-state index is -2.85. The van der Waals surface area contributed by atoms with Crippen LogP contribution in [-0.2, 0) is 4.74 Å². The molecule has 0 aromatic heterocycles. The second-order valence-corrected chi connectivity index (χ2v) is 10.9. The molecule has 0 bridgehead atoms. The van der Waals surface area contributed by atoms with Gasteiger partial charge in [-0.2, -0.15) is 8.78 Å². The molecule has 2 aromatic rings. The van der Waals surface area contributed by atoms with Gasteiger partial charge in [0, 0.05) is 30.0 Å². The molecule has 0 heterocycles. The van der Waals surface area contributed by atoms with Gasteiger partial charge in [-0.3, -0.25) is 0 Å². The smallest absolute Gasteiger partial charge is 0.430 e. The zero-order valence-corrected chi connectivity index (χ0v) is 20.0. The first-order chi connectivity index (χ1) is 14.4. The molecule has 0 atom stereocenters. The van der Waals surface area contributed by atoms with Crippen LogP contribution in [0.4, 0.5) is 29.7 Å². The molecule has 2 aromatic carbocycles. The van der Waals surface area contributed by atoms with Crippen molar-refractivity contribution < 1.29 is 27.8 Å². The molecule has 0 fully saturated rings. The molecule has 0 N–H and O–H groups in total. The Bertz CT molecular complexity index is 917. The minimum Gasteiger partial charge on any atom is -0.452 e. The summed E-state index contributed by atoms with van der Waals surface area (Å²) in [5.41, 5.74) is 0.258. The van der Waals surface area contributed by atoms with Crippen LogP contribution in [0, 0.1) is 0 Å². The number of nitrogens with zero attached hydrogens (tertiary/aromatic N) is 2. The number of hydrogen-bond acceptors (Lipinski definition) is 6. The summed E-state index contributed by atoms with van der Waals surface area (Å²) in [5.74, 6) is -0.0826. The minimum absolute atomic E-state index is 0.0268. The van der Waals surface area contributed by atoms with Gasteiger partial charge >= 0.3 is 20.0 Å². The van der Waals surface area contributed by atoms with E-state index in [-0.39, 0.29) is 41.0 Å². The Morgan fingerprint density at radius 2 is 1.35 bits per heavy atom. The van der Waals surface area contributed by atoms with Gasteiger partial charge < -0.3 is 9.47 Å². The standard InChI is InChI=1S/C17H12Cl4F2N2O4S2/c1-28-14(26)25(31-17(20,21)23)12-8-5-9-13(10-12)29-15(27)24(30-16(18,19)22)11-6-3-2-4-7-11/h2-10H,1H3. The maximum atomic E-state index is 13.8. The third kappa shape index (κ3) is 8.63. The number of halogens is 6. The number of carbonyl (C=O) groups is 2. The van der Waals surface area contributed by atoms with Gasteiger partial charge in [0.1, 0.15) is 5.75 Å². The summed E-state index contributed by atoms with van der Waals surface area (Å²) in [6, 6.07) is 13.3. The average molecular weight is 552 g/mol. The fourth-order valence-electron chi connectivity index (χ4n) is 2.06. The number of amides is 2. The Kier molecular flexibility index (Phi) is 9.23. The number of alkyl halides is 6. The molecule has 0 saturated carbocycles. The topological polar surface area (TPSA) is 59.1 Å². The zero-order chi connectivity index (χ0) is 23.2. The number of carbonyl (C=O) groups excluding carboxylic acids is 2. The highest BCUT2D eigenvalue weighted by Gasteiger charge is 2.34. The van der Waals surface area contributed by atoms with Gasteiger partial charge in [-0.1, -0.05) is 70.7 Å². The first-order valence-electron chi connectivity index (χ1n) is 7.96. The summed E-state index contributed by atoms with van der Waals surface area (Å²) < 4.78 is 33.1. The molecule has 0 saturated heterocycles. The highest BCUT2D eigenvalue weighted by Crippen LogP contribution is 2.43. The van der Waals surface area contributed by atoms with Crippen molar-refractivity contribution in [2.24, 2.45) is 0 Å². The van der Waals surface area contributed by atoms with E-state index in [1.54, 1.807) is 18.2 Å². The second kappa shape index (κ2) is 11.0. The van der Waals surface area contributed by atoms with E-state index in [2.05, 4.69) is 4.74 Å². The van der Waals surface area contributed by atoms with E-state index in [4.69, 9.17) is 51.1 Å². The van der Waals surface area contributed by atoms with Crippen molar-refractivity contribution in [3.05, 3.63) is 54.6 Å². The van der Waals surface area contributed by atoms with E-state index < -0.39 is 20.0 Å². The normalized spacial score (nSPS) is 11.6. The molecule has 2 amide bonds. The lowest BCUT2D eigenvalue weighted by molar-refractivity contribution is 0.183. The molecular weight excluding hydrogens is 540 g/mol. The van der Waals surface area contributed by atoms with Crippen molar-refractivity contribution >= 4 is 93.9 Å². The fraction of sp³-hybridized carbons (Fsp3) is 0.176. The van der Waals surface area contributed by atoms with Crippen LogP contribution < -0.4 is 13.3 Å². The van der Waals surface area contributed by atoms with Crippen molar-refractivity contribution in [3.8, 4) is 5.75 Å². The Balaban J connectivity index is 2.30. The van der Waals surface area contributed by atoms with Crippen LogP contribution in [0.25, 0.3) is 0 Å². The average Bonchev–Trinajstić information content (AvgIpc) is 2.69. The highest BCUT2D eigenvalue weighted by molar-refractivity contribution is 8.05. The number of benzene rings is 2. The number of hydrogen-bond donors (Lipinski definition) is 0. The Labute approximate surface area is 204 Å². The van der Waals surface area contributed by atoms with Crippen LogP contribution in [0.1, 0.15) is 0 Å². The number of ether oxygens (including phenoxy) is 2. The van der Waals surface area contributed by atoms with Gasteiger partial charge in [-0.05, 0) is 24.3 Å². The Morgan fingerprint density at radius 3 is 1.87 bits per heavy atom. The summed E-state index contributed by atoms with van der Waals surface area (Å²) in [6.07, 6.45) is -2.05. The zero-order valence-electron chi connectivity index (χ0n) is 15.3. The Hall–Kier alpha value is -1.30. The summed E-state index contributed by atoms with van der Waals surface area (Å²) in [5, 5.41) is 0. The monoisotopic (exact) mass is 550 g/mol. The molecular formula is C17H12Cl4F2N2O4S2. The van der Waals surface area contributed by atoms with E-state index in [1.807, 2.05) is 0 Å². The van der Waals surface area contributed by atoms with Crippen molar-refractivity contribution in [1.82, 2.24) is 0 Å². The van der Waals surface area contributed by atoms with E-state index >= 15 is 0 Å². The van der Waals surface area contributed by atoms with Crippen LogP contribution in [0.15, 0.2) is 54.6 Å². The van der Waals surface area contributed by atoms with Crippen molar-refractivity contribution in [2.75, 3.05) is 15.7 Å². The fourth-order valence-corrected chi connectivity index (χ4v) is 4.01. The van der Waals surface area contributed by atoms with Gasteiger partial charge in [0.05, 0.1) is 18.5 Å². The van der Waals surface area contributed by atoms with Gasteiger partial charge in [-0.15, -0.1) is 0 Å². The van der Waals surface area contributed by atoms with E-state index in [9.17, 15) is 18.4 Å². The molecule has 0 spiro atoms. The molecule has 0 aliphatic heterocycles. The first kappa shape index (κ1) is 26.0. The second-order valence-electron chi connectivity index (χ2n) is 5.33. The van der Waals surface area contributed by atoms with Crippen molar-refractivity contribution in [3.63, 3.8) is 0 Å². The number of anilines is 2. The molecule has 0 aliphatic carbocycles. The predicted molar refractivity (Wildman–Crippen MR) is 123 cm³/mol. The van der Waals surface area contributed by atoms with Gasteiger partial charge in [0.15, 0.2) is 0 Å². The number of methoxy groups -OCH3 is 1. The molecule has 0 aliphatic rings. The summed E-state index contributed by atoms with van der Waals surface area (Å²) in [4.78, 5) is 24.7. The lowest BCUT2D eigenvalue weighted by Gasteiger charge is -2.24. The summed E-state index contributed by atoms with van der Waals surface area (Å²) in [6.45, 7) is 0. The molecule has 2 rings (SSSR count). The third-order valence-electron chi connectivity index (χ3n) is 3.14. The molecule has 0 radical (unpaired) electrons. The van der Waals surface area contributed by atoms with Gasteiger partial charge in [-0.25, -0.2) is 18.2 Å². The van der Waals surface area contributed by atoms with E-state index in [0.29, 0.717) is 4.31 Å². The molecule has 14 heteroatoms. The van der Waals surface area contributed by atoms with Gasteiger partial charge in [0.25, 0.3) is 0 Å². The van der Waals surface area contributed by atoms with Crippen LogP contribution in [0.5, 0.6) is 5.75 Å². The lowest BCUT2D eigenvalue weighted by atomic mass is 10.3. The summed E-state index contributed by atoms with van der Waals surface area (Å²) in [7, 11) is 1.07. The molecule has 168 valence electrons. The van der Waals surface area contributed by atoms with E-state index in [1.165, 1.54) is 36.4 Å². The quantitative estimate of drug-likeness (QED) is 0.260.